The molecule has 2 rings (SSSR count). The number of hydrogen-bond donors (Lipinski definition) is 0. The monoisotopic (exact) mass is 218 g/mol. The van der Waals surface area contributed by atoms with Crippen LogP contribution in [0, 0.1) is 0 Å². The van der Waals surface area contributed by atoms with Crippen molar-refractivity contribution < 1.29 is 4.74 Å². The van der Waals surface area contributed by atoms with Gasteiger partial charge in [0.2, 0.25) is 4.47 Å². The van der Waals surface area contributed by atoms with Crippen LogP contribution < -0.4 is 0 Å². The maximum Gasteiger partial charge on any atom is 0.207 e. The van der Waals surface area contributed by atoms with Crippen LogP contribution in [0.5, 0.6) is 0 Å². The molecule has 13 heavy (non-hydrogen) atoms. The highest BCUT2D eigenvalue weighted by Crippen LogP contribution is 2.21. The van der Waals surface area contributed by atoms with Crippen LogP contribution in [0.3, 0.4) is 0 Å². The van der Waals surface area contributed by atoms with E-state index in [9.17, 15) is 0 Å². The summed E-state index contributed by atoms with van der Waals surface area (Å²) in [6.45, 7) is 0.886. The second-order valence-electron chi connectivity index (χ2n) is 3.14. The highest BCUT2D eigenvalue weighted by molar-refractivity contribution is 7.15. The number of halogens is 1. The molecule has 1 atom stereocenters. The summed E-state index contributed by atoms with van der Waals surface area (Å²) in [5.74, 6) is 0. The number of rotatable bonds is 2. The van der Waals surface area contributed by atoms with Crippen LogP contribution in [-0.2, 0) is 11.2 Å². The van der Waals surface area contributed by atoms with Crippen molar-refractivity contribution in [2.75, 3.05) is 6.61 Å². The van der Waals surface area contributed by atoms with Gasteiger partial charge in [-0.1, -0.05) is 11.3 Å². The van der Waals surface area contributed by atoms with Gasteiger partial charge in [-0.15, -0.1) is 10.2 Å². The molecule has 0 N–H and O–H groups in total. The second-order valence-corrected chi connectivity index (χ2v) is 4.79. The first-order valence-electron chi connectivity index (χ1n) is 4.44. The molecule has 0 spiro atoms. The van der Waals surface area contributed by atoms with Crippen LogP contribution in [-0.4, -0.2) is 22.9 Å². The lowest BCUT2D eigenvalue weighted by Gasteiger charge is -2.21. The average Bonchev–Trinajstić information content (AvgIpc) is 2.53. The quantitative estimate of drug-likeness (QED) is 0.764. The first-order valence-corrected chi connectivity index (χ1v) is 5.63. The van der Waals surface area contributed by atoms with E-state index < -0.39 is 0 Å². The molecule has 1 aromatic heterocycles. The van der Waals surface area contributed by atoms with Crippen molar-refractivity contribution in [1.82, 2.24) is 10.2 Å². The number of nitrogens with zero attached hydrogens (tertiary/aromatic N) is 2. The first-order chi connectivity index (χ1) is 6.34. The van der Waals surface area contributed by atoms with E-state index >= 15 is 0 Å². The van der Waals surface area contributed by atoms with E-state index in [-0.39, 0.29) is 0 Å². The van der Waals surface area contributed by atoms with Gasteiger partial charge in [0.15, 0.2) is 0 Å². The maximum absolute atomic E-state index is 5.68. The van der Waals surface area contributed by atoms with E-state index in [1.807, 2.05) is 0 Å². The van der Waals surface area contributed by atoms with E-state index in [0.717, 1.165) is 24.5 Å². The van der Waals surface area contributed by atoms with Crippen LogP contribution in [0.4, 0.5) is 0 Å². The zero-order valence-electron chi connectivity index (χ0n) is 7.20. The van der Waals surface area contributed by atoms with Crippen molar-refractivity contribution in [1.29, 1.82) is 0 Å². The van der Waals surface area contributed by atoms with Gasteiger partial charge in [0.05, 0.1) is 6.10 Å². The zero-order valence-corrected chi connectivity index (χ0v) is 8.77. The summed E-state index contributed by atoms with van der Waals surface area (Å²) in [7, 11) is 0. The lowest BCUT2D eigenvalue weighted by Crippen LogP contribution is -2.21. The molecule has 3 nitrogen and oxygen atoms in total. The Morgan fingerprint density at radius 3 is 3.00 bits per heavy atom. The van der Waals surface area contributed by atoms with Crippen molar-refractivity contribution in [2.24, 2.45) is 0 Å². The van der Waals surface area contributed by atoms with Crippen molar-refractivity contribution in [3.8, 4) is 0 Å². The molecule has 1 aliphatic rings. The predicted molar refractivity (Wildman–Crippen MR) is 52.2 cm³/mol. The molecule has 1 fully saturated rings. The molecule has 1 aliphatic heterocycles. The summed E-state index contributed by atoms with van der Waals surface area (Å²) < 4.78 is 6.11. The molecule has 0 amide bonds. The van der Waals surface area contributed by atoms with Crippen LogP contribution in [0.1, 0.15) is 24.3 Å². The third kappa shape index (κ3) is 2.62. The van der Waals surface area contributed by atoms with Crippen molar-refractivity contribution in [3.63, 3.8) is 0 Å². The number of ether oxygens (including phenoxy) is 1. The van der Waals surface area contributed by atoms with Gasteiger partial charge in [-0.05, 0) is 30.9 Å². The third-order valence-electron chi connectivity index (χ3n) is 2.12. The molecule has 2 heterocycles. The fraction of sp³-hybridized carbons (Fsp3) is 0.750. The Kier molecular flexibility index (Phi) is 3.14. The van der Waals surface area contributed by atoms with Crippen LogP contribution >= 0.6 is 22.9 Å². The molecule has 1 aromatic rings. The summed E-state index contributed by atoms with van der Waals surface area (Å²) >= 11 is 7.13. The Hall–Kier alpha value is -0.190. The smallest absolute Gasteiger partial charge is 0.207 e. The van der Waals surface area contributed by atoms with E-state index in [1.54, 1.807) is 0 Å². The van der Waals surface area contributed by atoms with E-state index in [0.29, 0.717) is 10.6 Å². The van der Waals surface area contributed by atoms with Crippen molar-refractivity contribution in [3.05, 3.63) is 9.47 Å². The van der Waals surface area contributed by atoms with Gasteiger partial charge in [0.25, 0.3) is 0 Å². The Morgan fingerprint density at radius 1 is 1.46 bits per heavy atom. The van der Waals surface area contributed by atoms with Crippen LogP contribution in [0.15, 0.2) is 0 Å². The minimum atomic E-state index is 0.331. The minimum absolute atomic E-state index is 0.331. The largest absolute Gasteiger partial charge is 0.378 e. The Bertz CT molecular complexity index is 273. The fourth-order valence-electron chi connectivity index (χ4n) is 1.48. The molecule has 1 saturated heterocycles. The fourth-order valence-corrected chi connectivity index (χ4v) is 2.41. The van der Waals surface area contributed by atoms with Crippen molar-refractivity contribution >= 4 is 22.9 Å². The summed E-state index contributed by atoms with van der Waals surface area (Å²) in [5, 5.41) is 8.71. The van der Waals surface area contributed by atoms with Crippen molar-refractivity contribution in [2.45, 2.75) is 31.8 Å². The summed E-state index contributed by atoms with van der Waals surface area (Å²) in [5.41, 5.74) is 0. The number of aromatic nitrogens is 2. The van der Waals surface area contributed by atoms with Gasteiger partial charge in [-0.25, -0.2) is 0 Å². The Labute approximate surface area is 86.1 Å². The summed E-state index contributed by atoms with van der Waals surface area (Å²) in [6, 6.07) is 0. The lowest BCUT2D eigenvalue weighted by atomic mass is 10.1. The molecular weight excluding hydrogens is 208 g/mol. The van der Waals surface area contributed by atoms with Crippen LogP contribution in [0.2, 0.25) is 4.47 Å². The van der Waals surface area contributed by atoms with E-state index in [2.05, 4.69) is 10.2 Å². The van der Waals surface area contributed by atoms with E-state index in [1.165, 1.54) is 24.2 Å². The zero-order chi connectivity index (χ0) is 9.10. The second kappa shape index (κ2) is 4.35. The predicted octanol–water partition coefficient (Wildman–Crippen LogP) is 2.30. The molecule has 5 heteroatoms. The van der Waals surface area contributed by atoms with Gasteiger partial charge in [0.1, 0.15) is 5.01 Å². The van der Waals surface area contributed by atoms with Gasteiger partial charge in [-0.3, -0.25) is 0 Å². The Morgan fingerprint density at radius 2 is 2.38 bits per heavy atom. The molecule has 0 aromatic carbocycles. The summed E-state index contributed by atoms with van der Waals surface area (Å²) in [6.07, 6.45) is 4.78. The van der Waals surface area contributed by atoms with Gasteiger partial charge in [0, 0.05) is 13.0 Å². The lowest BCUT2D eigenvalue weighted by molar-refractivity contribution is 0.0167. The highest BCUT2D eigenvalue weighted by Gasteiger charge is 2.16. The third-order valence-corrected chi connectivity index (χ3v) is 3.16. The molecule has 0 saturated carbocycles. The first kappa shape index (κ1) is 9.37. The molecule has 0 aliphatic carbocycles. The SMILES string of the molecule is Clc1nnc(CC2CCCCO2)s1. The maximum atomic E-state index is 5.68. The standard InChI is InChI=1S/C8H11ClN2OS/c9-8-11-10-7(13-8)5-6-3-1-2-4-12-6/h6H,1-5H2. The number of hydrogen-bond acceptors (Lipinski definition) is 4. The van der Waals surface area contributed by atoms with Gasteiger partial charge >= 0.3 is 0 Å². The van der Waals surface area contributed by atoms with Crippen LogP contribution in [0.25, 0.3) is 0 Å². The normalized spacial score (nSPS) is 23.3. The average molecular weight is 219 g/mol. The molecule has 0 bridgehead atoms. The van der Waals surface area contributed by atoms with E-state index in [4.69, 9.17) is 16.3 Å². The minimum Gasteiger partial charge on any atom is -0.378 e. The Balaban J connectivity index is 1.89. The molecule has 72 valence electrons. The molecule has 0 radical (unpaired) electrons. The molecule has 1 unspecified atom stereocenters. The highest BCUT2D eigenvalue weighted by atomic mass is 35.5. The van der Waals surface area contributed by atoms with Gasteiger partial charge in [-0.2, -0.15) is 0 Å². The van der Waals surface area contributed by atoms with Gasteiger partial charge < -0.3 is 4.74 Å². The molecular formula is C8H11ClN2OS. The topological polar surface area (TPSA) is 35.0 Å². The summed E-state index contributed by atoms with van der Waals surface area (Å²) in [4.78, 5) is 0.